The van der Waals surface area contributed by atoms with E-state index >= 15 is 0 Å². The SMILES string of the molecule is CCN(Cc1ccc(OC)c(F)c1)[C@@H](C)C(=O)Nc1ccccc1OC. The lowest BCUT2D eigenvalue weighted by Gasteiger charge is -2.27. The Hall–Kier alpha value is -2.60. The topological polar surface area (TPSA) is 50.8 Å². The van der Waals surface area contributed by atoms with Gasteiger partial charge in [-0.05, 0) is 43.3 Å². The first-order valence-electron chi connectivity index (χ1n) is 8.50. The first-order valence-corrected chi connectivity index (χ1v) is 8.50. The molecule has 26 heavy (non-hydrogen) atoms. The highest BCUT2D eigenvalue weighted by Crippen LogP contribution is 2.24. The van der Waals surface area contributed by atoms with Crippen LogP contribution in [0.1, 0.15) is 19.4 Å². The Labute approximate surface area is 153 Å². The van der Waals surface area contributed by atoms with Gasteiger partial charge in [0.15, 0.2) is 11.6 Å². The highest BCUT2D eigenvalue weighted by Gasteiger charge is 2.21. The molecular formula is C20H25FN2O3. The maximum atomic E-state index is 13.9. The number of methoxy groups -OCH3 is 2. The number of ether oxygens (including phenoxy) is 2. The minimum absolute atomic E-state index is 0.148. The van der Waals surface area contributed by atoms with E-state index in [9.17, 15) is 9.18 Å². The number of carbonyl (C=O) groups excluding carboxylic acids is 1. The van der Waals surface area contributed by atoms with Gasteiger partial charge >= 0.3 is 0 Å². The lowest BCUT2D eigenvalue weighted by Crippen LogP contribution is -2.41. The number of carbonyl (C=O) groups is 1. The third kappa shape index (κ3) is 4.73. The van der Waals surface area contributed by atoms with Crippen LogP contribution in [-0.2, 0) is 11.3 Å². The summed E-state index contributed by atoms with van der Waals surface area (Å²) < 4.78 is 24.1. The van der Waals surface area contributed by atoms with Gasteiger partial charge < -0.3 is 14.8 Å². The van der Waals surface area contributed by atoms with Crippen molar-refractivity contribution < 1.29 is 18.7 Å². The predicted molar refractivity (Wildman–Crippen MR) is 100 cm³/mol. The van der Waals surface area contributed by atoms with E-state index < -0.39 is 11.9 Å². The van der Waals surface area contributed by atoms with Gasteiger partial charge in [0.2, 0.25) is 5.91 Å². The molecule has 2 rings (SSSR count). The number of amides is 1. The molecule has 0 bridgehead atoms. The fraction of sp³-hybridized carbons (Fsp3) is 0.350. The Morgan fingerprint density at radius 1 is 1.15 bits per heavy atom. The van der Waals surface area contributed by atoms with Crippen molar-refractivity contribution in [3.05, 3.63) is 53.8 Å². The van der Waals surface area contributed by atoms with Crippen LogP contribution in [0.2, 0.25) is 0 Å². The summed E-state index contributed by atoms with van der Waals surface area (Å²) in [6, 6.07) is 11.7. The van der Waals surface area contributed by atoms with E-state index in [1.165, 1.54) is 13.2 Å². The maximum Gasteiger partial charge on any atom is 0.241 e. The largest absolute Gasteiger partial charge is 0.495 e. The van der Waals surface area contributed by atoms with Gasteiger partial charge in [-0.25, -0.2) is 4.39 Å². The summed E-state index contributed by atoms with van der Waals surface area (Å²) in [4.78, 5) is 14.6. The van der Waals surface area contributed by atoms with Gasteiger partial charge in [-0.15, -0.1) is 0 Å². The molecule has 1 amide bonds. The molecule has 5 nitrogen and oxygen atoms in total. The zero-order valence-corrected chi connectivity index (χ0v) is 15.6. The van der Waals surface area contributed by atoms with E-state index in [0.29, 0.717) is 24.5 Å². The van der Waals surface area contributed by atoms with Crippen LogP contribution >= 0.6 is 0 Å². The van der Waals surface area contributed by atoms with Crippen LogP contribution in [0.25, 0.3) is 0 Å². The quantitative estimate of drug-likeness (QED) is 0.780. The van der Waals surface area contributed by atoms with E-state index in [1.807, 2.05) is 30.9 Å². The van der Waals surface area contributed by atoms with Gasteiger partial charge in [0.25, 0.3) is 0 Å². The molecule has 0 aliphatic heterocycles. The van der Waals surface area contributed by atoms with Crippen LogP contribution in [0.4, 0.5) is 10.1 Å². The Balaban J connectivity index is 2.08. The second kappa shape index (κ2) is 9.20. The molecule has 0 aliphatic carbocycles. The average Bonchev–Trinajstić information content (AvgIpc) is 2.66. The number of likely N-dealkylation sites (N-methyl/N-ethyl adjacent to an activating group) is 1. The molecule has 0 heterocycles. The summed E-state index contributed by atoms with van der Waals surface area (Å²) in [7, 11) is 2.99. The van der Waals surface area contributed by atoms with Crippen molar-refractivity contribution >= 4 is 11.6 Å². The van der Waals surface area contributed by atoms with Crippen molar-refractivity contribution in [1.29, 1.82) is 0 Å². The Kier molecular flexibility index (Phi) is 6.97. The van der Waals surface area contributed by atoms with Gasteiger partial charge in [0.05, 0.1) is 25.9 Å². The normalized spacial score (nSPS) is 11.9. The van der Waals surface area contributed by atoms with Crippen molar-refractivity contribution in [1.82, 2.24) is 4.90 Å². The molecule has 0 radical (unpaired) electrons. The van der Waals surface area contributed by atoms with Crippen LogP contribution in [0, 0.1) is 5.82 Å². The number of anilines is 1. The minimum Gasteiger partial charge on any atom is -0.495 e. The fourth-order valence-corrected chi connectivity index (χ4v) is 2.72. The monoisotopic (exact) mass is 360 g/mol. The smallest absolute Gasteiger partial charge is 0.241 e. The number of nitrogens with zero attached hydrogens (tertiary/aromatic N) is 1. The maximum absolute atomic E-state index is 13.9. The fourth-order valence-electron chi connectivity index (χ4n) is 2.72. The van der Waals surface area contributed by atoms with Crippen LogP contribution in [0.3, 0.4) is 0 Å². The van der Waals surface area contributed by atoms with Crippen LogP contribution in [0.15, 0.2) is 42.5 Å². The summed E-state index contributed by atoms with van der Waals surface area (Å²) in [5.74, 6) is 0.254. The van der Waals surface area contributed by atoms with Crippen molar-refractivity contribution in [2.45, 2.75) is 26.4 Å². The first kappa shape index (κ1) is 19.7. The number of hydrogen-bond acceptors (Lipinski definition) is 4. The molecule has 0 aliphatic rings. The van der Waals surface area contributed by atoms with Crippen LogP contribution < -0.4 is 14.8 Å². The minimum atomic E-state index is -0.410. The molecule has 1 N–H and O–H groups in total. The third-order valence-electron chi connectivity index (χ3n) is 4.30. The summed E-state index contributed by atoms with van der Waals surface area (Å²) >= 11 is 0. The van der Waals surface area contributed by atoms with Crippen LogP contribution in [-0.4, -0.2) is 37.6 Å². The molecule has 0 saturated carbocycles. The molecule has 0 fully saturated rings. The molecule has 1 atom stereocenters. The number of halogens is 1. The van der Waals surface area contributed by atoms with E-state index in [2.05, 4.69) is 5.32 Å². The van der Waals surface area contributed by atoms with Crippen molar-refractivity contribution in [2.75, 3.05) is 26.1 Å². The second-order valence-corrected chi connectivity index (χ2v) is 5.90. The standard InChI is InChI=1S/C20H25FN2O3/c1-5-23(13-15-10-11-18(25-3)16(21)12-15)14(2)20(24)22-17-8-6-7-9-19(17)26-4/h6-12,14H,5,13H2,1-4H3,(H,22,24)/t14-/m0/s1. The average molecular weight is 360 g/mol. The van der Waals surface area contributed by atoms with Gasteiger partial charge in [-0.3, -0.25) is 9.69 Å². The van der Waals surface area contributed by atoms with Gasteiger partial charge in [-0.1, -0.05) is 25.1 Å². The van der Waals surface area contributed by atoms with Crippen LogP contribution in [0.5, 0.6) is 11.5 Å². The lowest BCUT2D eigenvalue weighted by atomic mass is 10.1. The number of para-hydroxylation sites is 2. The predicted octanol–water partition coefficient (Wildman–Crippen LogP) is 3.69. The summed E-state index contributed by atoms with van der Waals surface area (Å²) in [5.41, 5.74) is 1.40. The molecular weight excluding hydrogens is 335 g/mol. The molecule has 6 heteroatoms. The number of nitrogens with one attached hydrogen (secondary N) is 1. The number of benzene rings is 2. The van der Waals surface area contributed by atoms with Crippen molar-refractivity contribution in [3.63, 3.8) is 0 Å². The molecule has 0 saturated heterocycles. The highest BCUT2D eigenvalue weighted by atomic mass is 19.1. The molecule has 2 aromatic carbocycles. The van der Waals surface area contributed by atoms with Crippen molar-refractivity contribution in [2.24, 2.45) is 0 Å². The molecule has 140 valence electrons. The zero-order chi connectivity index (χ0) is 19.1. The summed E-state index contributed by atoms with van der Waals surface area (Å²) in [6.45, 7) is 4.90. The van der Waals surface area contributed by atoms with E-state index in [-0.39, 0.29) is 11.7 Å². The summed E-state index contributed by atoms with van der Waals surface area (Å²) in [5, 5.41) is 2.89. The Morgan fingerprint density at radius 2 is 1.85 bits per heavy atom. The molecule has 2 aromatic rings. The lowest BCUT2D eigenvalue weighted by molar-refractivity contribution is -0.120. The van der Waals surface area contributed by atoms with E-state index in [1.54, 1.807) is 31.4 Å². The van der Waals surface area contributed by atoms with Gasteiger partial charge in [0, 0.05) is 6.54 Å². The molecule has 0 spiro atoms. The van der Waals surface area contributed by atoms with Gasteiger partial charge in [-0.2, -0.15) is 0 Å². The molecule has 0 aromatic heterocycles. The summed E-state index contributed by atoms with van der Waals surface area (Å²) in [6.07, 6.45) is 0. The highest BCUT2D eigenvalue weighted by molar-refractivity contribution is 5.95. The van der Waals surface area contributed by atoms with Gasteiger partial charge in [0.1, 0.15) is 5.75 Å². The molecule has 0 unspecified atom stereocenters. The second-order valence-electron chi connectivity index (χ2n) is 5.90. The van der Waals surface area contributed by atoms with E-state index in [0.717, 1.165) is 5.56 Å². The first-order chi connectivity index (χ1) is 12.5. The number of hydrogen-bond donors (Lipinski definition) is 1. The van der Waals surface area contributed by atoms with E-state index in [4.69, 9.17) is 9.47 Å². The van der Waals surface area contributed by atoms with Crippen molar-refractivity contribution in [3.8, 4) is 11.5 Å². The Bertz CT molecular complexity index is 752. The third-order valence-corrected chi connectivity index (χ3v) is 4.30. The zero-order valence-electron chi connectivity index (χ0n) is 15.6. The number of rotatable bonds is 8. The Morgan fingerprint density at radius 3 is 2.46 bits per heavy atom.